The molecular formula is C29H31N3O3. The van der Waals surface area contributed by atoms with E-state index in [1.54, 1.807) is 6.92 Å². The molecule has 1 aromatic heterocycles. The molecule has 1 aliphatic rings. The van der Waals surface area contributed by atoms with E-state index in [0.717, 1.165) is 40.4 Å². The zero-order valence-corrected chi connectivity index (χ0v) is 20.7. The van der Waals surface area contributed by atoms with Crippen molar-refractivity contribution < 1.29 is 14.3 Å². The monoisotopic (exact) mass is 469 g/mol. The Morgan fingerprint density at radius 2 is 1.97 bits per heavy atom. The molecule has 6 heteroatoms. The molecule has 1 N–H and O–H groups in total. The average molecular weight is 470 g/mol. The van der Waals surface area contributed by atoms with Crippen molar-refractivity contribution in [2.24, 2.45) is 0 Å². The molecule has 1 aliphatic heterocycles. The lowest BCUT2D eigenvalue weighted by Crippen LogP contribution is -2.11. The molecule has 0 fully saturated rings. The van der Waals surface area contributed by atoms with Crippen LogP contribution >= 0.6 is 0 Å². The fraction of sp³-hybridized carbons (Fsp3) is 0.310. The summed E-state index contributed by atoms with van der Waals surface area (Å²) in [5.41, 5.74) is 8.92. The number of nitrogens with one attached hydrogen (secondary N) is 1. The van der Waals surface area contributed by atoms with Gasteiger partial charge in [0.2, 0.25) is 0 Å². The number of rotatable bonds is 7. The molecule has 0 amide bonds. The lowest BCUT2D eigenvalue weighted by Gasteiger charge is -2.17. The fourth-order valence-electron chi connectivity index (χ4n) is 4.77. The summed E-state index contributed by atoms with van der Waals surface area (Å²) in [7, 11) is 0. The topological polar surface area (TPSA) is 65.4 Å². The number of fused-ring (bicyclic) bond motifs is 2. The van der Waals surface area contributed by atoms with Crippen LogP contribution in [0.15, 0.2) is 54.6 Å². The molecule has 0 unspecified atom stereocenters. The van der Waals surface area contributed by atoms with Gasteiger partial charge in [-0.2, -0.15) is 0 Å². The first-order valence-corrected chi connectivity index (χ1v) is 12.3. The van der Waals surface area contributed by atoms with Crippen molar-refractivity contribution in [3.8, 4) is 11.4 Å². The number of nitrogens with zero attached hydrogens (tertiary/aromatic N) is 2. The molecule has 0 saturated heterocycles. The molecule has 3 aromatic carbocycles. The van der Waals surface area contributed by atoms with Gasteiger partial charge in [-0.15, -0.1) is 0 Å². The van der Waals surface area contributed by atoms with Crippen molar-refractivity contribution in [3.05, 3.63) is 82.7 Å². The summed E-state index contributed by atoms with van der Waals surface area (Å²) in [6, 6.07) is 18.7. The lowest BCUT2D eigenvalue weighted by atomic mass is 10.1. The maximum Gasteiger partial charge on any atom is 0.306 e. The highest BCUT2D eigenvalue weighted by molar-refractivity contribution is 5.82. The van der Waals surface area contributed by atoms with Gasteiger partial charge < -0.3 is 14.8 Å². The number of carbonyl (C=O) groups is 1. The third kappa shape index (κ3) is 4.25. The molecule has 5 rings (SSSR count). The average Bonchev–Trinajstić information content (AvgIpc) is 3.45. The summed E-state index contributed by atoms with van der Waals surface area (Å²) in [4.78, 5) is 16.6. The molecular weight excluding hydrogens is 438 g/mol. The molecule has 0 saturated carbocycles. The maximum atomic E-state index is 11.7. The Hall–Kier alpha value is -3.80. The molecule has 180 valence electrons. The SMILES string of the molecule is CCC(=O)O[C@@H]1COc2cc(NCc3cccc(-n4c(CC)nc5cccc(C)c54)c3C)ccc21. The molecule has 6 nitrogen and oxygen atoms in total. The second kappa shape index (κ2) is 9.45. The van der Waals surface area contributed by atoms with E-state index < -0.39 is 0 Å². The normalized spacial score (nSPS) is 14.6. The predicted octanol–water partition coefficient (Wildman–Crippen LogP) is 6.20. The number of hydrogen-bond acceptors (Lipinski definition) is 5. The van der Waals surface area contributed by atoms with Crippen molar-refractivity contribution in [2.45, 2.75) is 53.2 Å². The van der Waals surface area contributed by atoms with Gasteiger partial charge in [-0.05, 0) is 54.8 Å². The van der Waals surface area contributed by atoms with Crippen LogP contribution in [0, 0.1) is 13.8 Å². The smallest absolute Gasteiger partial charge is 0.306 e. The maximum absolute atomic E-state index is 11.7. The summed E-state index contributed by atoms with van der Waals surface area (Å²) < 4.78 is 13.6. The van der Waals surface area contributed by atoms with Gasteiger partial charge in [-0.3, -0.25) is 9.36 Å². The van der Waals surface area contributed by atoms with Crippen molar-refractivity contribution >= 4 is 22.7 Å². The molecule has 35 heavy (non-hydrogen) atoms. The molecule has 0 aliphatic carbocycles. The van der Waals surface area contributed by atoms with Crippen LogP contribution in [-0.4, -0.2) is 22.1 Å². The van der Waals surface area contributed by atoms with Crippen LogP contribution in [-0.2, 0) is 22.5 Å². The number of ether oxygens (including phenoxy) is 2. The number of esters is 1. The number of hydrogen-bond donors (Lipinski definition) is 1. The number of carbonyl (C=O) groups excluding carboxylic acids is 1. The lowest BCUT2D eigenvalue weighted by molar-refractivity contribution is -0.149. The third-order valence-corrected chi connectivity index (χ3v) is 6.72. The van der Waals surface area contributed by atoms with Gasteiger partial charge in [0.05, 0.1) is 16.7 Å². The van der Waals surface area contributed by atoms with Crippen LogP contribution in [0.4, 0.5) is 5.69 Å². The summed E-state index contributed by atoms with van der Waals surface area (Å²) in [5.74, 6) is 1.62. The van der Waals surface area contributed by atoms with E-state index in [1.807, 2.05) is 18.2 Å². The number of aryl methyl sites for hydroxylation is 2. The molecule has 1 atom stereocenters. The van der Waals surface area contributed by atoms with Crippen LogP contribution in [0.2, 0.25) is 0 Å². The molecule has 4 aromatic rings. The summed E-state index contributed by atoms with van der Waals surface area (Å²) in [6.07, 6.45) is 0.893. The number of benzene rings is 3. The van der Waals surface area contributed by atoms with Crippen molar-refractivity contribution in [1.82, 2.24) is 9.55 Å². The molecule has 2 heterocycles. The second-order valence-electron chi connectivity index (χ2n) is 8.97. The second-order valence-corrected chi connectivity index (χ2v) is 8.97. The van der Waals surface area contributed by atoms with E-state index >= 15 is 0 Å². The summed E-state index contributed by atoms with van der Waals surface area (Å²) in [6.45, 7) is 9.31. The number of para-hydroxylation sites is 1. The fourth-order valence-corrected chi connectivity index (χ4v) is 4.77. The molecule has 0 radical (unpaired) electrons. The van der Waals surface area contributed by atoms with E-state index in [0.29, 0.717) is 19.6 Å². The number of anilines is 1. The first-order chi connectivity index (χ1) is 17.0. The standard InChI is InChI=1S/C29H31N3O3/c1-5-27-31-23-11-7-9-18(3)29(23)32(27)24-12-8-10-20(19(24)4)16-30-21-13-14-22-25(15-21)34-17-26(22)35-28(33)6-2/h7-15,26,30H,5-6,16-17H2,1-4H3/t26-/m1/s1. The van der Waals surface area contributed by atoms with E-state index in [1.165, 1.54) is 22.2 Å². The van der Waals surface area contributed by atoms with Gasteiger partial charge in [0.15, 0.2) is 6.10 Å². The minimum Gasteiger partial charge on any atom is -0.489 e. The third-order valence-electron chi connectivity index (χ3n) is 6.72. The summed E-state index contributed by atoms with van der Waals surface area (Å²) >= 11 is 0. The van der Waals surface area contributed by atoms with Crippen LogP contribution < -0.4 is 10.1 Å². The van der Waals surface area contributed by atoms with E-state index in [4.69, 9.17) is 14.5 Å². The van der Waals surface area contributed by atoms with Crippen LogP contribution in [0.1, 0.15) is 54.5 Å². The van der Waals surface area contributed by atoms with Gasteiger partial charge in [-0.25, -0.2) is 4.98 Å². The van der Waals surface area contributed by atoms with Crippen LogP contribution in [0.3, 0.4) is 0 Å². The van der Waals surface area contributed by atoms with Gasteiger partial charge in [0.1, 0.15) is 18.2 Å². The highest BCUT2D eigenvalue weighted by Gasteiger charge is 2.27. The highest BCUT2D eigenvalue weighted by atomic mass is 16.6. The minimum absolute atomic E-state index is 0.212. The summed E-state index contributed by atoms with van der Waals surface area (Å²) in [5, 5.41) is 3.54. The van der Waals surface area contributed by atoms with Crippen molar-refractivity contribution in [1.29, 1.82) is 0 Å². The zero-order valence-electron chi connectivity index (χ0n) is 20.7. The van der Waals surface area contributed by atoms with Gasteiger partial charge in [0, 0.05) is 36.7 Å². The van der Waals surface area contributed by atoms with Crippen LogP contribution in [0.5, 0.6) is 5.75 Å². The van der Waals surface area contributed by atoms with E-state index in [-0.39, 0.29) is 12.1 Å². The Morgan fingerprint density at radius 3 is 2.77 bits per heavy atom. The Labute approximate surface area is 205 Å². The molecule has 0 spiro atoms. The van der Waals surface area contributed by atoms with E-state index in [9.17, 15) is 4.79 Å². The van der Waals surface area contributed by atoms with Gasteiger partial charge in [0.25, 0.3) is 0 Å². The van der Waals surface area contributed by atoms with Gasteiger partial charge in [-0.1, -0.05) is 38.1 Å². The minimum atomic E-state index is -0.327. The van der Waals surface area contributed by atoms with Gasteiger partial charge >= 0.3 is 5.97 Å². The quantitative estimate of drug-likeness (QED) is 0.326. The largest absolute Gasteiger partial charge is 0.489 e. The first-order valence-electron chi connectivity index (χ1n) is 12.3. The first kappa shape index (κ1) is 23.0. The number of imidazole rings is 1. The van der Waals surface area contributed by atoms with Crippen molar-refractivity contribution in [3.63, 3.8) is 0 Å². The Balaban J connectivity index is 1.40. The van der Waals surface area contributed by atoms with Crippen LogP contribution in [0.25, 0.3) is 16.7 Å². The number of aromatic nitrogens is 2. The van der Waals surface area contributed by atoms with Crippen molar-refractivity contribution in [2.75, 3.05) is 11.9 Å². The Bertz CT molecular complexity index is 1410. The molecule has 0 bridgehead atoms. The van der Waals surface area contributed by atoms with E-state index in [2.05, 4.69) is 67.1 Å². The Kier molecular flexibility index (Phi) is 6.20. The zero-order chi connectivity index (χ0) is 24.5. The Morgan fingerprint density at radius 1 is 1.14 bits per heavy atom. The highest BCUT2D eigenvalue weighted by Crippen LogP contribution is 2.37. The predicted molar refractivity (Wildman–Crippen MR) is 138 cm³/mol.